The standard InChI is InChI=1S/C18H23N3O2/c1-15(17-8-5-13-23-17)19-14-18(22)21-11-9-20(10-12-21)16-6-3-2-4-7-16/h2-8,13,15,19H,9-12,14H2,1H3/t15-/m1/s1. The fraction of sp³-hybridized carbons (Fsp3) is 0.389. The SMILES string of the molecule is C[C@@H](NCC(=O)N1CCN(c2ccccc2)CC1)c1ccco1. The maximum atomic E-state index is 12.3. The predicted octanol–water partition coefficient (Wildman–Crippen LogP) is 2.28. The summed E-state index contributed by atoms with van der Waals surface area (Å²) in [6.07, 6.45) is 1.65. The minimum Gasteiger partial charge on any atom is -0.468 e. The van der Waals surface area contributed by atoms with E-state index in [1.165, 1.54) is 5.69 Å². The zero-order valence-corrected chi connectivity index (χ0v) is 13.4. The van der Waals surface area contributed by atoms with Crippen molar-refractivity contribution < 1.29 is 9.21 Å². The van der Waals surface area contributed by atoms with Crippen LogP contribution in [0.4, 0.5) is 5.69 Å². The Bertz CT molecular complexity index is 604. The first-order valence-corrected chi connectivity index (χ1v) is 8.08. The number of amides is 1. The van der Waals surface area contributed by atoms with Crippen molar-refractivity contribution in [2.24, 2.45) is 0 Å². The van der Waals surface area contributed by atoms with Gasteiger partial charge in [-0.3, -0.25) is 10.1 Å². The van der Waals surface area contributed by atoms with E-state index in [9.17, 15) is 4.79 Å². The van der Waals surface area contributed by atoms with E-state index in [1.807, 2.05) is 42.2 Å². The van der Waals surface area contributed by atoms with Crippen molar-refractivity contribution in [1.82, 2.24) is 10.2 Å². The molecule has 2 heterocycles. The summed E-state index contributed by atoms with van der Waals surface area (Å²) in [4.78, 5) is 16.6. The zero-order valence-electron chi connectivity index (χ0n) is 13.4. The van der Waals surface area contributed by atoms with E-state index in [4.69, 9.17) is 4.42 Å². The Morgan fingerprint density at radius 2 is 1.87 bits per heavy atom. The van der Waals surface area contributed by atoms with Crippen molar-refractivity contribution in [3.8, 4) is 0 Å². The number of rotatable bonds is 5. The molecule has 0 aliphatic carbocycles. The van der Waals surface area contributed by atoms with Crippen LogP contribution < -0.4 is 10.2 Å². The second kappa shape index (κ2) is 7.33. The molecule has 0 spiro atoms. The Kier molecular flexibility index (Phi) is 4.98. The lowest BCUT2D eigenvalue weighted by Crippen LogP contribution is -2.51. The molecule has 1 N–H and O–H groups in total. The number of nitrogens with one attached hydrogen (secondary N) is 1. The molecule has 0 saturated carbocycles. The Morgan fingerprint density at radius 3 is 2.52 bits per heavy atom. The largest absolute Gasteiger partial charge is 0.468 e. The van der Waals surface area contributed by atoms with Crippen LogP contribution in [0.25, 0.3) is 0 Å². The number of benzene rings is 1. The molecule has 0 unspecified atom stereocenters. The smallest absolute Gasteiger partial charge is 0.236 e. The molecule has 1 amide bonds. The summed E-state index contributed by atoms with van der Waals surface area (Å²) >= 11 is 0. The third-order valence-electron chi connectivity index (χ3n) is 4.28. The highest BCUT2D eigenvalue weighted by atomic mass is 16.3. The summed E-state index contributed by atoms with van der Waals surface area (Å²) in [7, 11) is 0. The molecule has 0 radical (unpaired) electrons. The minimum absolute atomic E-state index is 0.0413. The van der Waals surface area contributed by atoms with Crippen LogP contribution in [0.5, 0.6) is 0 Å². The summed E-state index contributed by atoms with van der Waals surface area (Å²) in [6.45, 7) is 5.63. The molecule has 1 aromatic heterocycles. The third kappa shape index (κ3) is 3.93. The Labute approximate surface area is 136 Å². The number of carbonyl (C=O) groups is 1. The maximum absolute atomic E-state index is 12.3. The number of anilines is 1. The van der Waals surface area contributed by atoms with Crippen LogP contribution in [-0.2, 0) is 4.79 Å². The van der Waals surface area contributed by atoms with Gasteiger partial charge in [-0.25, -0.2) is 0 Å². The van der Waals surface area contributed by atoms with Gasteiger partial charge < -0.3 is 14.2 Å². The van der Waals surface area contributed by atoms with Gasteiger partial charge in [0.05, 0.1) is 18.8 Å². The second-order valence-corrected chi connectivity index (χ2v) is 5.82. The number of hydrogen-bond acceptors (Lipinski definition) is 4. The van der Waals surface area contributed by atoms with Gasteiger partial charge in [-0.2, -0.15) is 0 Å². The van der Waals surface area contributed by atoms with Crippen molar-refractivity contribution >= 4 is 11.6 Å². The van der Waals surface area contributed by atoms with E-state index < -0.39 is 0 Å². The number of carbonyl (C=O) groups excluding carboxylic acids is 1. The quantitative estimate of drug-likeness (QED) is 0.920. The van der Waals surface area contributed by atoms with Crippen LogP contribution in [0.3, 0.4) is 0 Å². The molecule has 5 heteroatoms. The van der Waals surface area contributed by atoms with E-state index >= 15 is 0 Å². The topological polar surface area (TPSA) is 48.7 Å². The van der Waals surface area contributed by atoms with Gasteiger partial charge in [0.2, 0.25) is 5.91 Å². The van der Waals surface area contributed by atoms with Gasteiger partial charge in [-0.15, -0.1) is 0 Å². The van der Waals surface area contributed by atoms with Crippen LogP contribution in [0.1, 0.15) is 18.7 Å². The Balaban J connectivity index is 1.45. The molecule has 1 aromatic carbocycles. The minimum atomic E-state index is 0.0413. The Hall–Kier alpha value is -2.27. The van der Waals surface area contributed by atoms with E-state index in [0.717, 1.165) is 31.9 Å². The van der Waals surface area contributed by atoms with Crippen molar-refractivity contribution in [3.05, 3.63) is 54.5 Å². The monoisotopic (exact) mass is 313 g/mol. The van der Waals surface area contributed by atoms with Crippen LogP contribution in [0.2, 0.25) is 0 Å². The molecule has 122 valence electrons. The maximum Gasteiger partial charge on any atom is 0.236 e. The predicted molar refractivity (Wildman–Crippen MR) is 90.4 cm³/mol. The molecule has 5 nitrogen and oxygen atoms in total. The summed E-state index contributed by atoms with van der Waals surface area (Å²) in [5.74, 6) is 1.00. The van der Waals surface area contributed by atoms with Gasteiger partial charge in [0.25, 0.3) is 0 Å². The van der Waals surface area contributed by atoms with Gasteiger partial charge in [0.15, 0.2) is 0 Å². The summed E-state index contributed by atoms with van der Waals surface area (Å²) in [5, 5.41) is 3.23. The van der Waals surface area contributed by atoms with Crippen molar-refractivity contribution in [2.75, 3.05) is 37.6 Å². The molecule has 23 heavy (non-hydrogen) atoms. The van der Waals surface area contributed by atoms with E-state index in [1.54, 1.807) is 6.26 Å². The highest BCUT2D eigenvalue weighted by Crippen LogP contribution is 2.16. The first kappa shape index (κ1) is 15.6. The van der Waals surface area contributed by atoms with E-state index in [-0.39, 0.29) is 11.9 Å². The fourth-order valence-electron chi connectivity index (χ4n) is 2.84. The summed E-state index contributed by atoms with van der Waals surface area (Å²) < 4.78 is 5.34. The van der Waals surface area contributed by atoms with Crippen LogP contribution in [0, 0.1) is 0 Å². The van der Waals surface area contributed by atoms with Crippen LogP contribution in [0.15, 0.2) is 53.1 Å². The van der Waals surface area contributed by atoms with E-state index in [0.29, 0.717) is 6.54 Å². The van der Waals surface area contributed by atoms with Crippen molar-refractivity contribution in [3.63, 3.8) is 0 Å². The molecule has 1 fully saturated rings. The molecular formula is C18H23N3O2. The van der Waals surface area contributed by atoms with Crippen LogP contribution in [-0.4, -0.2) is 43.5 Å². The first-order chi connectivity index (χ1) is 11.2. The van der Waals surface area contributed by atoms with Crippen LogP contribution >= 0.6 is 0 Å². The molecule has 1 atom stereocenters. The number of piperazine rings is 1. The Morgan fingerprint density at radius 1 is 1.13 bits per heavy atom. The zero-order chi connectivity index (χ0) is 16.1. The molecule has 1 aliphatic heterocycles. The summed E-state index contributed by atoms with van der Waals surface area (Å²) in [5.41, 5.74) is 1.23. The van der Waals surface area contributed by atoms with Gasteiger partial charge in [0.1, 0.15) is 5.76 Å². The van der Waals surface area contributed by atoms with Gasteiger partial charge in [0, 0.05) is 31.9 Å². The molecular weight excluding hydrogens is 290 g/mol. The number of nitrogens with zero attached hydrogens (tertiary/aromatic N) is 2. The van der Waals surface area contributed by atoms with E-state index in [2.05, 4.69) is 22.3 Å². The first-order valence-electron chi connectivity index (χ1n) is 8.08. The molecule has 1 saturated heterocycles. The van der Waals surface area contributed by atoms with Crippen molar-refractivity contribution in [2.45, 2.75) is 13.0 Å². The summed E-state index contributed by atoms with van der Waals surface area (Å²) in [6, 6.07) is 14.2. The fourth-order valence-corrected chi connectivity index (χ4v) is 2.84. The highest BCUT2D eigenvalue weighted by molar-refractivity contribution is 5.78. The van der Waals surface area contributed by atoms with Gasteiger partial charge in [-0.1, -0.05) is 18.2 Å². The lowest BCUT2D eigenvalue weighted by Gasteiger charge is -2.36. The third-order valence-corrected chi connectivity index (χ3v) is 4.28. The van der Waals surface area contributed by atoms with Gasteiger partial charge >= 0.3 is 0 Å². The molecule has 1 aliphatic rings. The number of para-hydroxylation sites is 1. The normalized spacial score (nSPS) is 16.4. The average molecular weight is 313 g/mol. The average Bonchev–Trinajstić information content (AvgIpc) is 3.15. The molecule has 2 aromatic rings. The molecule has 0 bridgehead atoms. The number of hydrogen-bond donors (Lipinski definition) is 1. The molecule has 3 rings (SSSR count). The highest BCUT2D eigenvalue weighted by Gasteiger charge is 2.21. The van der Waals surface area contributed by atoms with Crippen molar-refractivity contribution in [1.29, 1.82) is 0 Å². The lowest BCUT2D eigenvalue weighted by atomic mass is 10.2. The number of furan rings is 1. The lowest BCUT2D eigenvalue weighted by molar-refractivity contribution is -0.130. The second-order valence-electron chi connectivity index (χ2n) is 5.82. The van der Waals surface area contributed by atoms with Gasteiger partial charge in [-0.05, 0) is 31.2 Å².